The Bertz CT molecular complexity index is 899. The van der Waals surface area contributed by atoms with Crippen molar-refractivity contribution in [2.75, 3.05) is 29.2 Å². The number of amides is 3. The Morgan fingerprint density at radius 1 is 1.11 bits per heavy atom. The van der Waals surface area contributed by atoms with E-state index in [0.29, 0.717) is 30.1 Å². The van der Waals surface area contributed by atoms with Crippen LogP contribution in [0, 0.1) is 0 Å². The van der Waals surface area contributed by atoms with Gasteiger partial charge in [0.2, 0.25) is 5.91 Å². The summed E-state index contributed by atoms with van der Waals surface area (Å²) >= 11 is 0. The maximum Gasteiger partial charge on any atom is 0.416 e. The Balaban J connectivity index is 1.71. The molecule has 1 heterocycles. The number of carbonyl (C=O) groups is 2. The average Bonchev–Trinajstić information content (AvgIpc) is 3.06. The van der Waals surface area contributed by atoms with E-state index in [9.17, 15) is 22.8 Å². The van der Waals surface area contributed by atoms with Gasteiger partial charge in [0.25, 0.3) is 0 Å². The average molecular weight is 393 g/mol. The van der Waals surface area contributed by atoms with Gasteiger partial charge in [-0.05, 0) is 36.8 Å². The topological polar surface area (TPSA) is 70.7 Å². The monoisotopic (exact) mass is 393 g/mol. The molecule has 28 heavy (non-hydrogen) atoms. The minimum Gasteiger partial charge on any atom is -0.494 e. The number of benzene rings is 2. The first-order chi connectivity index (χ1) is 13.3. The van der Waals surface area contributed by atoms with Crippen LogP contribution in [0.1, 0.15) is 18.4 Å². The maximum absolute atomic E-state index is 12.8. The number of methoxy groups -OCH3 is 1. The second-order valence-electron chi connectivity index (χ2n) is 6.19. The van der Waals surface area contributed by atoms with Crippen molar-refractivity contribution in [2.45, 2.75) is 19.0 Å². The zero-order valence-electron chi connectivity index (χ0n) is 15.0. The molecule has 1 aliphatic heterocycles. The molecule has 2 N–H and O–H groups in total. The molecule has 0 aliphatic carbocycles. The van der Waals surface area contributed by atoms with Crippen LogP contribution in [0.5, 0.6) is 5.75 Å². The standard InChI is InChI=1S/C19H18F3N3O3/c1-28-16-11-14(7-8-15(16)25-9-3-6-17(25)26)24-18(27)23-13-5-2-4-12(10-13)19(20,21)22/h2,4-5,7-8,10-11H,3,6,9H2,1H3,(H2,23,24,27). The maximum atomic E-state index is 12.8. The van der Waals surface area contributed by atoms with E-state index in [0.717, 1.165) is 18.6 Å². The third-order valence-corrected chi connectivity index (χ3v) is 4.25. The van der Waals surface area contributed by atoms with Crippen LogP contribution in [0.3, 0.4) is 0 Å². The van der Waals surface area contributed by atoms with Gasteiger partial charge in [-0.2, -0.15) is 13.2 Å². The molecule has 0 spiro atoms. The smallest absolute Gasteiger partial charge is 0.416 e. The van der Waals surface area contributed by atoms with Gasteiger partial charge >= 0.3 is 12.2 Å². The van der Waals surface area contributed by atoms with Gasteiger partial charge < -0.3 is 20.3 Å². The predicted molar refractivity (Wildman–Crippen MR) is 98.7 cm³/mol. The Kier molecular flexibility index (Phi) is 5.43. The molecule has 0 saturated carbocycles. The minimum atomic E-state index is -4.50. The van der Waals surface area contributed by atoms with E-state index in [1.165, 1.54) is 19.2 Å². The summed E-state index contributed by atoms with van der Waals surface area (Å²) in [5.41, 5.74) is 0.135. The predicted octanol–water partition coefficient (Wildman–Crippen LogP) is 4.48. The van der Waals surface area contributed by atoms with E-state index in [1.54, 1.807) is 23.1 Å². The molecule has 6 nitrogen and oxygen atoms in total. The van der Waals surface area contributed by atoms with E-state index in [1.807, 2.05) is 0 Å². The summed E-state index contributed by atoms with van der Waals surface area (Å²) in [6, 6.07) is 8.44. The van der Waals surface area contributed by atoms with Crippen LogP contribution in [0.15, 0.2) is 42.5 Å². The molecular weight excluding hydrogens is 375 g/mol. The van der Waals surface area contributed by atoms with Crippen LogP contribution in [-0.4, -0.2) is 25.6 Å². The van der Waals surface area contributed by atoms with Crippen LogP contribution in [-0.2, 0) is 11.0 Å². The molecule has 0 radical (unpaired) electrons. The van der Waals surface area contributed by atoms with Gasteiger partial charge in [-0.3, -0.25) is 4.79 Å². The molecule has 1 fully saturated rings. The van der Waals surface area contributed by atoms with Crippen LogP contribution < -0.4 is 20.3 Å². The SMILES string of the molecule is COc1cc(NC(=O)Nc2cccc(C(F)(F)F)c2)ccc1N1CCCC1=O. The molecule has 0 atom stereocenters. The zero-order valence-corrected chi connectivity index (χ0v) is 15.0. The van der Waals surface area contributed by atoms with Gasteiger partial charge in [-0.1, -0.05) is 6.07 Å². The fourth-order valence-corrected chi connectivity index (χ4v) is 2.95. The van der Waals surface area contributed by atoms with Gasteiger partial charge in [0.15, 0.2) is 0 Å². The van der Waals surface area contributed by atoms with E-state index in [-0.39, 0.29) is 11.6 Å². The lowest BCUT2D eigenvalue weighted by Crippen LogP contribution is -2.24. The Morgan fingerprint density at radius 2 is 1.82 bits per heavy atom. The van der Waals surface area contributed by atoms with Crippen molar-refractivity contribution in [3.63, 3.8) is 0 Å². The zero-order chi connectivity index (χ0) is 20.3. The molecule has 148 valence electrons. The second kappa shape index (κ2) is 7.79. The van der Waals surface area contributed by atoms with Crippen molar-refractivity contribution in [3.05, 3.63) is 48.0 Å². The molecule has 0 unspecified atom stereocenters. The van der Waals surface area contributed by atoms with Gasteiger partial charge in [-0.15, -0.1) is 0 Å². The van der Waals surface area contributed by atoms with E-state index in [2.05, 4.69) is 10.6 Å². The summed E-state index contributed by atoms with van der Waals surface area (Å²) in [5.74, 6) is 0.411. The number of nitrogens with one attached hydrogen (secondary N) is 2. The van der Waals surface area contributed by atoms with Gasteiger partial charge in [0, 0.05) is 30.4 Å². The number of ether oxygens (including phenoxy) is 1. The van der Waals surface area contributed by atoms with E-state index in [4.69, 9.17) is 4.74 Å². The number of anilines is 3. The number of rotatable bonds is 4. The van der Waals surface area contributed by atoms with Gasteiger partial charge in [0.05, 0.1) is 18.4 Å². The lowest BCUT2D eigenvalue weighted by molar-refractivity contribution is -0.137. The summed E-state index contributed by atoms with van der Waals surface area (Å²) in [6.45, 7) is 0.595. The largest absolute Gasteiger partial charge is 0.494 e. The van der Waals surface area contributed by atoms with E-state index >= 15 is 0 Å². The number of nitrogens with zero attached hydrogens (tertiary/aromatic N) is 1. The highest BCUT2D eigenvalue weighted by atomic mass is 19.4. The molecule has 0 bridgehead atoms. The first-order valence-electron chi connectivity index (χ1n) is 8.51. The molecule has 3 amide bonds. The van der Waals surface area contributed by atoms with Crippen molar-refractivity contribution in [1.29, 1.82) is 0 Å². The number of hydrogen-bond donors (Lipinski definition) is 2. The van der Waals surface area contributed by atoms with Crippen LogP contribution in [0.4, 0.5) is 35.0 Å². The van der Waals surface area contributed by atoms with Crippen molar-refractivity contribution >= 4 is 29.0 Å². The third kappa shape index (κ3) is 4.36. The van der Waals surface area contributed by atoms with Gasteiger partial charge in [-0.25, -0.2) is 4.79 Å². The summed E-state index contributed by atoms with van der Waals surface area (Å²) in [4.78, 5) is 25.7. The minimum absolute atomic E-state index is 0.00120. The molecule has 2 aromatic carbocycles. The van der Waals surface area contributed by atoms with Crippen LogP contribution in [0.2, 0.25) is 0 Å². The number of alkyl halides is 3. The lowest BCUT2D eigenvalue weighted by Gasteiger charge is -2.19. The van der Waals surface area contributed by atoms with Crippen molar-refractivity contribution in [1.82, 2.24) is 0 Å². The van der Waals surface area contributed by atoms with Crippen LogP contribution >= 0.6 is 0 Å². The van der Waals surface area contributed by atoms with Crippen molar-refractivity contribution in [3.8, 4) is 5.75 Å². The molecule has 9 heteroatoms. The quantitative estimate of drug-likeness (QED) is 0.804. The first kappa shape index (κ1) is 19.5. The molecule has 2 aromatic rings. The summed E-state index contributed by atoms with van der Waals surface area (Å²) in [5, 5.41) is 4.90. The third-order valence-electron chi connectivity index (χ3n) is 4.25. The fraction of sp³-hybridized carbons (Fsp3) is 0.263. The molecule has 1 saturated heterocycles. The second-order valence-corrected chi connectivity index (χ2v) is 6.19. The number of carbonyl (C=O) groups excluding carboxylic acids is 2. The normalized spacial score (nSPS) is 14.1. The number of hydrogen-bond acceptors (Lipinski definition) is 3. The molecule has 1 aliphatic rings. The van der Waals surface area contributed by atoms with E-state index < -0.39 is 17.8 Å². The highest BCUT2D eigenvalue weighted by Gasteiger charge is 2.30. The summed E-state index contributed by atoms with van der Waals surface area (Å²) < 4.78 is 43.6. The Morgan fingerprint density at radius 3 is 2.43 bits per heavy atom. The number of halogens is 3. The van der Waals surface area contributed by atoms with Crippen LogP contribution in [0.25, 0.3) is 0 Å². The lowest BCUT2D eigenvalue weighted by atomic mass is 10.2. The van der Waals surface area contributed by atoms with Crippen molar-refractivity contribution in [2.24, 2.45) is 0 Å². The summed E-state index contributed by atoms with van der Waals surface area (Å²) in [6.07, 6.45) is -3.26. The molecule has 0 aromatic heterocycles. The highest BCUT2D eigenvalue weighted by molar-refractivity contribution is 6.01. The number of urea groups is 1. The molecular formula is C19H18F3N3O3. The first-order valence-corrected chi connectivity index (χ1v) is 8.51. The summed E-state index contributed by atoms with van der Waals surface area (Å²) in [7, 11) is 1.45. The Hall–Kier alpha value is -3.23. The molecule has 3 rings (SSSR count). The fourth-order valence-electron chi connectivity index (χ4n) is 2.95. The Labute approximate surface area is 159 Å². The van der Waals surface area contributed by atoms with Gasteiger partial charge in [0.1, 0.15) is 5.75 Å². The highest BCUT2D eigenvalue weighted by Crippen LogP contribution is 2.34. The van der Waals surface area contributed by atoms with Crippen molar-refractivity contribution < 1.29 is 27.5 Å².